The van der Waals surface area contributed by atoms with Crippen molar-refractivity contribution in [2.24, 2.45) is 0 Å². The first-order valence-corrected chi connectivity index (χ1v) is 6.01. The van der Waals surface area contributed by atoms with Crippen molar-refractivity contribution in [2.45, 2.75) is 18.9 Å². The molecule has 1 amide bonds. The number of likely N-dealkylation sites (tertiary alicyclic amines) is 1. The predicted molar refractivity (Wildman–Crippen MR) is 71.7 cm³/mol. The summed E-state index contributed by atoms with van der Waals surface area (Å²) in [6.45, 7) is 2.75. The molecule has 18 heavy (non-hydrogen) atoms. The number of amides is 1. The molecule has 0 aromatic heterocycles. The number of rotatable bonds is 2. The van der Waals surface area contributed by atoms with Gasteiger partial charge in [-0.15, -0.1) is 0 Å². The van der Waals surface area contributed by atoms with E-state index in [-0.39, 0.29) is 5.91 Å². The fourth-order valence-electron chi connectivity index (χ4n) is 2.07. The van der Waals surface area contributed by atoms with Crippen LogP contribution in [0.5, 0.6) is 0 Å². The Hall–Kier alpha value is -1.81. The van der Waals surface area contributed by atoms with Crippen molar-refractivity contribution in [3.05, 3.63) is 35.9 Å². The molecular formula is C14H18N2O2. The lowest BCUT2D eigenvalue weighted by atomic mass is 10.1. The Balaban J connectivity index is 2.00. The largest absolute Gasteiger partial charge is 0.399 e. The van der Waals surface area contributed by atoms with Crippen molar-refractivity contribution in [2.75, 3.05) is 18.8 Å². The van der Waals surface area contributed by atoms with Crippen LogP contribution in [0.3, 0.4) is 0 Å². The van der Waals surface area contributed by atoms with Gasteiger partial charge in [0.1, 0.15) is 0 Å². The van der Waals surface area contributed by atoms with Crippen molar-refractivity contribution in [3.8, 4) is 0 Å². The Morgan fingerprint density at radius 1 is 1.56 bits per heavy atom. The predicted octanol–water partition coefficient (Wildman–Crippen LogP) is 1.27. The second-order valence-electron chi connectivity index (χ2n) is 5.01. The number of aliphatic hydroxyl groups is 1. The first-order chi connectivity index (χ1) is 8.46. The van der Waals surface area contributed by atoms with E-state index in [1.54, 1.807) is 24.0 Å². The van der Waals surface area contributed by atoms with Crippen LogP contribution in [-0.2, 0) is 4.79 Å². The number of hydrogen-bond acceptors (Lipinski definition) is 3. The zero-order chi connectivity index (χ0) is 13.2. The smallest absolute Gasteiger partial charge is 0.246 e. The molecule has 1 aliphatic rings. The highest BCUT2D eigenvalue weighted by Crippen LogP contribution is 2.20. The third-order valence-corrected chi connectivity index (χ3v) is 3.09. The van der Waals surface area contributed by atoms with E-state index in [1.165, 1.54) is 6.08 Å². The molecule has 1 fully saturated rings. The van der Waals surface area contributed by atoms with Gasteiger partial charge in [0.15, 0.2) is 0 Å². The topological polar surface area (TPSA) is 66.6 Å². The summed E-state index contributed by atoms with van der Waals surface area (Å²) < 4.78 is 0. The fraction of sp³-hybridized carbons (Fsp3) is 0.357. The molecule has 0 aliphatic carbocycles. The molecule has 1 atom stereocenters. The zero-order valence-corrected chi connectivity index (χ0v) is 10.5. The number of nitrogens with two attached hydrogens (primary N) is 1. The Morgan fingerprint density at radius 2 is 2.33 bits per heavy atom. The summed E-state index contributed by atoms with van der Waals surface area (Å²) in [6.07, 6.45) is 3.90. The molecule has 1 heterocycles. The van der Waals surface area contributed by atoms with E-state index in [9.17, 15) is 9.90 Å². The molecule has 1 unspecified atom stereocenters. The summed E-state index contributed by atoms with van der Waals surface area (Å²) in [5, 5.41) is 9.80. The van der Waals surface area contributed by atoms with Gasteiger partial charge in [0.25, 0.3) is 0 Å². The third kappa shape index (κ3) is 3.11. The quantitative estimate of drug-likeness (QED) is 0.610. The van der Waals surface area contributed by atoms with Gasteiger partial charge < -0.3 is 15.7 Å². The average Bonchev–Trinajstić information content (AvgIpc) is 2.67. The van der Waals surface area contributed by atoms with E-state index in [0.717, 1.165) is 5.56 Å². The molecule has 4 nitrogen and oxygen atoms in total. The van der Waals surface area contributed by atoms with Gasteiger partial charge >= 0.3 is 0 Å². The van der Waals surface area contributed by atoms with E-state index in [2.05, 4.69) is 0 Å². The number of β-amino-alcohol motifs (C(OH)–C–C–N with tert-alkyl or cyclic N) is 1. The van der Waals surface area contributed by atoms with Crippen molar-refractivity contribution in [3.63, 3.8) is 0 Å². The zero-order valence-electron chi connectivity index (χ0n) is 10.5. The monoisotopic (exact) mass is 246 g/mol. The van der Waals surface area contributed by atoms with Crippen molar-refractivity contribution in [1.82, 2.24) is 4.90 Å². The maximum absolute atomic E-state index is 11.9. The normalized spacial score (nSPS) is 23.8. The van der Waals surface area contributed by atoms with Gasteiger partial charge in [-0.05, 0) is 37.1 Å². The molecular weight excluding hydrogens is 228 g/mol. The minimum Gasteiger partial charge on any atom is -0.399 e. The summed E-state index contributed by atoms with van der Waals surface area (Å²) in [4.78, 5) is 13.5. The van der Waals surface area contributed by atoms with Gasteiger partial charge in [-0.1, -0.05) is 12.1 Å². The van der Waals surface area contributed by atoms with Crippen molar-refractivity contribution in [1.29, 1.82) is 0 Å². The van der Waals surface area contributed by atoms with Crippen LogP contribution in [0.1, 0.15) is 18.9 Å². The van der Waals surface area contributed by atoms with Crippen molar-refractivity contribution >= 4 is 17.7 Å². The molecule has 3 N–H and O–H groups in total. The number of carbonyl (C=O) groups is 1. The number of anilines is 1. The second-order valence-corrected chi connectivity index (χ2v) is 5.01. The van der Waals surface area contributed by atoms with E-state index in [0.29, 0.717) is 25.2 Å². The molecule has 0 bridgehead atoms. The fourth-order valence-corrected chi connectivity index (χ4v) is 2.07. The average molecular weight is 246 g/mol. The van der Waals surface area contributed by atoms with Crippen LogP contribution in [0.4, 0.5) is 5.69 Å². The lowest BCUT2D eigenvalue weighted by Gasteiger charge is -2.17. The van der Waals surface area contributed by atoms with E-state index in [4.69, 9.17) is 5.73 Å². The van der Waals surface area contributed by atoms with Crippen LogP contribution in [-0.4, -0.2) is 34.6 Å². The van der Waals surface area contributed by atoms with E-state index < -0.39 is 5.60 Å². The number of benzene rings is 1. The molecule has 1 aromatic carbocycles. The van der Waals surface area contributed by atoms with Crippen LogP contribution < -0.4 is 5.73 Å². The van der Waals surface area contributed by atoms with Gasteiger partial charge in [0.05, 0.1) is 5.60 Å². The molecule has 2 rings (SSSR count). The second kappa shape index (κ2) is 4.82. The molecule has 1 aromatic rings. The molecule has 0 spiro atoms. The maximum atomic E-state index is 11.9. The Morgan fingerprint density at radius 3 is 2.94 bits per heavy atom. The molecule has 4 heteroatoms. The summed E-state index contributed by atoms with van der Waals surface area (Å²) in [6, 6.07) is 7.35. The van der Waals surface area contributed by atoms with Gasteiger partial charge in [-0.3, -0.25) is 4.79 Å². The van der Waals surface area contributed by atoms with Gasteiger partial charge in [0.2, 0.25) is 5.91 Å². The highest BCUT2D eigenvalue weighted by atomic mass is 16.3. The number of nitrogen functional groups attached to an aromatic ring is 1. The van der Waals surface area contributed by atoms with Crippen LogP contribution in [0, 0.1) is 0 Å². The number of carbonyl (C=O) groups excluding carboxylic acids is 1. The van der Waals surface area contributed by atoms with Gasteiger partial charge in [-0.2, -0.15) is 0 Å². The van der Waals surface area contributed by atoms with Crippen LogP contribution in [0.15, 0.2) is 30.3 Å². The van der Waals surface area contributed by atoms with Crippen molar-refractivity contribution < 1.29 is 9.90 Å². The number of hydrogen-bond donors (Lipinski definition) is 2. The molecule has 0 saturated carbocycles. The summed E-state index contributed by atoms with van der Waals surface area (Å²) in [5.41, 5.74) is 6.48. The van der Waals surface area contributed by atoms with E-state index in [1.807, 2.05) is 18.2 Å². The van der Waals surface area contributed by atoms with Crippen LogP contribution in [0.2, 0.25) is 0 Å². The molecule has 0 radical (unpaired) electrons. The molecule has 96 valence electrons. The van der Waals surface area contributed by atoms with Crippen LogP contribution in [0.25, 0.3) is 6.08 Å². The maximum Gasteiger partial charge on any atom is 0.246 e. The minimum absolute atomic E-state index is 0.0739. The number of nitrogens with zero attached hydrogens (tertiary/aromatic N) is 1. The lowest BCUT2D eigenvalue weighted by Crippen LogP contribution is -2.32. The Bertz CT molecular complexity index is 480. The summed E-state index contributed by atoms with van der Waals surface area (Å²) in [7, 11) is 0. The summed E-state index contributed by atoms with van der Waals surface area (Å²) in [5.74, 6) is -0.0739. The standard InChI is InChI=1S/C14H18N2O2/c1-14(18)7-8-16(10-14)13(17)6-5-11-3-2-4-12(15)9-11/h2-6,9,18H,7-8,10,15H2,1H3/b6-5+. The van der Waals surface area contributed by atoms with Crippen LogP contribution >= 0.6 is 0 Å². The molecule has 1 saturated heterocycles. The Labute approximate surface area is 107 Å². The van der Waals surface area contributed by atoms with Gasteiger partial charge in [0, 0.05) is 24.9 Å². The lowest BCUT2D eigenvalue weighted by molar-refractivity contribution is -0.125. The SMILES string of the molecule is CC1(O)CCN(C(=O)/C=C/c2cccc(N)c2)C1. The third-order valence-electron chi connectivity index (χ3n) is 3.09. The molecule has 1 aliphatic heterocycles. The highest BCUT2D eigenvalue weighted by Gasteiger charge is 2.32. The van der Waals surface area contributed by atoms with E-state index >= 15 is 0 Å². The summed E-state index contributed by atoms with van der Waals surface area (Å²) >= 11 is 0. The first kappa shape index (κ1) is 12.6. The first-order valence-electron chi connectivity index (χ1n) is 6.01. The van der Waals surface area contributed by atoms with Gasteiger partial charge in [-0.25, -0.2) is 0 Å². The minimum atomic E-state index is -0.749. The highest BCUT2D eigenvalue weighted by molar-refractivity contribution is 5.92. The Kier molecular flexibility index (Phi) is 3.39.